The Morgan fingerprint density at radius 3 is 2.43 bits per heavy atom. The zero-order valence-electron chi connectivity index (χ0n) is 16.6. The minimum Gasteiger partial charge on any atom is -0.462 e. The number of carbonyl (C=O) groups excluding carboxylic acids is 1. The number of nitrogens with two attached hydrogens (primary N) is 1. The molecule has 1 aromatic heterocycles. The third kappa shape index (κ3) is 3.94. The molecule has 1 atom stereocenters. The van der Waals surface area contributed by atoms with E-state index in [4.69, 9.17) is 10.5 Å². The highest BCUT2D eigenvalue weighted by Gasteiger charge is 2.21. The molecule has 0 fully saturated rings. The molecule has 28 heavy (non-hydrogen) atoms. The van der Waals surface area contributed by atoms with Crippen LogP contribution in [0, 0.1) is 0 Å². The molecular weight excluding hydrogens is 358 g/mol. The standard InChI is InChI=1S/C21H27N3O4/c1-13(2)28-20(26)17(22)12-14-8-10-15(11-9-14)24-19(25)16-6-4-5-7-18(16)23(3)21(24)27/h8-11,13,17H,4-7,12,22H2,1-3H3/t17-/m0/s1. The molecule has 0 bridgehead atoms. The lowest BCUT2D eigenvalue weighted by Crippen LogP contribution is -2.42. The van der Waals surface area contributed by atoms with Crippen LogP contribution in [-0.2, 0) is 35.8 Å². The Morgan fingerprint density at radius 2 is 1.79 bits per heavy atom. The largest absolute Gasteiger partial charge is 0.462 e. The number of rotatable bonds is 5. The molecule has 7 heteroatoms. The van der Waals surface area contributed by atoms with E-state index >= 15 is 0 Å². The van der Waals surface area contributed by atoms with Crippen molar-refractivity contribution in [3.05, 3.63) is 61.9 Å². The fourth-order valence-corrected chi connectivity index (χ4v) is 3.64. The van der Waals surface area contributed by atoms with E-state index < -0.39 is 12.0 Å². The normalized spacial score (nSPS) is 14.6. The number of esters is 1. The van der Waals surface area contributed by atoms with Crippen LogP contribution in [0.2, 0.25) is 0 Å². The molecule has 0 saturated heterocycles. The van der Waals surface area contributed by atoms with E-state index in [2.05, 4.69) is 0 Å². The second-order valence-corrected chi connectivity index (χ2v) is 7.58. The van der Waals surface area contributed by atoms with E-state index in [0.717, 1.165) is 36.1 Å². The van der Waals surface area contributed by atoms with E-state index in [9.17, 15) is 14.4 Å². The van der Waals surface area contributed by atoms with Crippen LogP contribution in [0.3, 0.4) is 0 Å². The lowest BCUT2D eigenvalue weighted by atomic mass is 9.97. The van der Waals surface area contributed by atoms with Gasteiger partial charge in [0.15, 0.2) is 0 Å². The van der Waals surface area contributed by atoms with Gasteiger partial charge in [-0.05, 0) is 63.6 Å². The van der Waals surface area contributed by atoms with Crippen molar-refractivity contribution in [2.24, 2.45) is 12.8 Å². The number of hydrogen-bond donors (Lipinski definition) is 1. The van der Waals surface area contributed by atoms with Gasteiger partial charge in [0, 0.05) is 18.3 Å². The van der Waals surface area contributed by atoms with Crippen LogP contribution < -0.4 is 17.0 Å². The van der Waals surface area contributed by atoms with Gasteiger partial charge in [-0.2, -0.15) is 0 Å². The lowest BCUT2D eigenvalue weighted by molar-refractivity contribution is -0.148. The maximum absolute atomic E-state index is 12.9. The molecule has 0 spiro atoms. The molecule has 1 aliphatic carbocycles. The quantitative estimate of drug-likeness (QED) is 0.781. The molecule has 1 aliphatic rings. The molecule has 0 aliphatic heterocycles. The van der Waals surface area contributed by atoms with Crippen molar-refractivity contribution in [2.75, 3.05) is 0 Å². The third-order valence-electron chi connectivity index (χ3n) is 5.09. The number of benzene rings is 1. The predicted octanol–water partition coefficient (Wildman–Crippen LogP) is 1.24. The number of fused-ring (bicyclic) bond motifs is 1. The summed E-state index contributed by atoms with van der Waals surface area (Å²) in [6.45, 7) is 3.55. The average Bonchev–Trinajstić information content (AvgIpc) is 2.67. The summed E-state index contributed by atoms with van der Waals surface area (Å²) in [4.78, 5) is 37.5. The summed E-state index contributed by atoms with van der Waals surface area (Å²) in [6, 6.07) is 6.24. The van der Waals surface area contributed by atoms with Crippen molar-refractivity contribution < 1.29 is 9.53 Å². The van der Waals surface area contributed by atoms with Crippen LogP contribution in [-0.4, -0.2) is 27.2 Å². The van der Waals surface area contributed by atoms with Crippen molar-refractivity contribution in [2.45, 2.75) is 58.1 Å². The van der Waals surface area contributed by atoms with E-state index in [0.29, 0.717) is 18.5 Å². The van der Waals surface area contributed by atoms with Gasteiger partial charge < -0.3 is 15.0 Å². The SMILES string of the molecule is CC(C)OC(=O)[C@@H](N)Cc1ccc(-n2c(=O)c3c(n(C)c2=O)CCCC3)cc1. The summed E-state index contributed by atoms with van der Waals surface area (Å²) in [6.07, 6.45) is 3.53. The number of hydrogen-bond acceptors (Lipinski definition) is 5. The molecule has 2 aromatic rings. The molecule has 2 N–H and O–H groups in total. The molecule has 1 heterocycles. The van der Waals surface area contributed by atoms with E-state index in [1.807, 2.05) is 0 Å². The Balaban J connectivity index is 1.88. The van der Waals surface area contributed by atoms with Crippen LogP contribution in [0.15, 0.2) is 33.9 Å². The summed E-state index contributed by atoms with van der Waals surface area (Å²) in [5.74, 6) is -0.446. The van der Waals surface area contributed by atoms with E-state index in [1.165, 1.54) is 4.57 Å². The summed E-state index contributed by atoms with van der Waals surface area (Å²) < 4.78 is 7.93. The van der Waals surface area contributed by atoms with E-state index in [-0.39, 0.29) is 17.4 Å². The molecule has 0 saturated carbocycles. The Kier molecular flexibility index (Phi) is 5.84. The minimum absolute atomic E-state index is 0.215. The highest BCUT2D eigenvalue weighted by molar-refractivity contribution is 5.76. The Bertz CT molecular complexity index is 986. The van der Waals surface area contributed by atoms with Gasteiger partial charge >= 0.3 is 11.7 Å². The van der Waals surface area contributed by atoms with Crippen molar-refractivity contribution in [1.82, 2.24) is 9.13 Å². The van der Waals surface area contributed by atoms with Crippen molar-refractivity contribution >= 4 is 5.97 Å². The Morgan fingerprint density at radius 1 is 1.14 bits per heavy atom. The number of carbonyl (C=O) groups is 1. The summed E-state index contributed by atoms with van der Waals surface area (Å²) in [5.41, 5.74) is 8.27. The van der Waals surface area contributed by atoms with Gasteiger partial charge in [0.05, 0.1) is 11.8 Å². The van der Waals surface area contributed by atoms with Crippen molar-refractivity contribution in [3.8, 4) is 5.69 Å². The molecule has 0 radical (unpaired) electrons. The molecule has 1 aromatic carbocycles. The molecule has 0 unspecified atom stereocenters. The highest BCUT2D eigenvalue weighted by atomic mass is 16.5. The van der Waals surface area contributed by atoms with Gasteiger partial charge in [-0.1, -0.05) is 12.1 Å². The summed E-state index contributed by atoms with van der Waals surface area (Å²) >= 11 is 0. The summed E-state index contributed by atoms with van der Waals surface area (Å²) in [7, 11) is 1.72. The maximum atomic E-state index is 12.9. The first-order valence-corrected chi connectivity index (χ1v) is 9.68. The average molecular weight is 385 g/mol. The maximum Gasteiger partial charge on any atom is 0.335 e. The Hall–Kier alpha value is -2.67. The van der Waals surface area contributed by atoms with Crippen LogP contribution in [0.25, 0.3) is 5.69 Å². The zero-order valence-corrected chi connectivity index (χ0v) is 16.6. The lowest BCUT2D eigenvalue weighted by Gasteiger charge is -2.20. The molecular formula is C21H27N3O4. The number of nitrogens with zero attached hydrogens (tertiary/aromatic N) is 2. The van der Waals surface area contributed by atoms with Crippen LogP contribution >= 0.6 is 0 Å². The number of ether oxygens (including phenoxy) is 1. The first-order chi connectivity index (χ1) is 13.3. The molecule has 0 amide bonds. The second kappa shape index (κ2) is 8.14. The van der Waals surface area contributed by atoms with Gasteiger partial charge in [-0.3, -0.25) is 9.59 Å². The highest BCUT2D eigenvalue weighted by Crippen LogP contribution is 2.17. The summed E-state index contributed by atoms with van der Waals surface area (Å²) in [5, 5.41) is 0. The van der Waals surface area contributed by atoms with Gasteiger partial charge in [0.2, 0.25) is 0 Å². The Labute approximate surface area is 163 Å². The second-order valence-electron chi connectivity index (χ2n) is 7.58. The van der Waals surface area contributed by atoms with Crippen LogP contribution in [0.4, 0.5) is 0 Å². The fraction of sp³-hybridized carbons (Fsp3) is 0.476. The molecule has 7 nitrogen and oxygen atoms in total. The fourth-order valence-electron chi connectivity index (χ4n) is 3.64. The number of aromatic nitrogens is 2. The first-order valence-electron chi connectivity index (χ1n) is 9.68. The van der Waals surface area contributed by atoms with Crippen LogP contribution in [0.5, 0.6) is 0 Å². The van der Waals surface area contributed by atoms with Crippen molar-refractivity contribution in [1.29, 1.82) is 0 Å². The predicted molar refractivity (Wildman–Crippen MR) is 107 cm³/mol. The van der Waals surface area contributed by atoms with Crippen molar-refractivity contribution in [3.63, 3.8) is 0 Å². The smallest absolute Gasteiger partial charge is 0.335 e. The van der Waals surface area contributed by atoms with E-state index in [1.54, 1.807) is 49.7 Å². The zero-order chi connectivity index (χ0) is 20.4. The van der Waals surface area contributed by atoms with Gasteiger partial charge in [-0.15, -0.1) is 0 Å². The topological polar surface area (TPSA) is 96.3 Å². The molecule has 150 valence electrons. The van der Waals surface area contributed by atoms with Crippen LogP contribution in [0.1, 0.15) is 43.5 Å². The van der Waals surface area contributed by atoms with Gasteiger partial charge in [0.25, 0.3) is 5.56 Å². The molecule has 3 rings (SSSR count). The van der Waals surface area contributed by atoms with Gasteiger partial charge in [-0.25, -0.2) is 9.36 Å². The minimum atomic E-state index is -0.757. The monoisotopic (exact) mass is 385 g/mol. The third-order valence-corrected chi connectivity index (χ3v) is 5.09. The van der Waals surface area contributed by atoms with Gasteiger partial charge in [0.1, 0.15) is 6.04 Å². The first kappa shape index (κ1) is 20.1.